The van der Waals surface area contributed by atoms with Crippen LogP contribution in [-0.4, -0.2) is 16.7 Å². The lowest BCUT2D eigenvalue weighted by Crippen LogP contribution is -2.37. The minimum Gasteiger partial charge on any atom is -0.357 e. The number of hydrogen-bond donors (Lipinski definition) is 1. The molecule has 1 aromatic heterocycles. The Labute approximate surface area is 206 Å². The Balaban J connectivity index is 1.62. The first-order valence-electron chi connectivity index (χ1n) is 12.2. The van der Waals surface area contributed by atoms with Crippen LogP contribution in [-0.2, 0) is 15.0 Å². The molecule has 1 aliphatic heterocycles. The maximum absolute atomic E-state index is 13.8. The molecule has 1 aliphatic carbocycles. The van der Waals surface area contributed by atoms with Crippen molar-refractivity contribution in [3.8, 4) is 0 Å². The predicted octanol–water partition coefficient (Wildman–Crippen LogP) is 6.30. The van der Waals surface area contributed by atoms with Crippen molar-refractivity contribution in [2.24, 2.45) is 0 Å². The third-order valence-electron chi connectivity index (χ3n) is 7.10. The number of ketones is 1. The first-order valence-corrected chi connectivity index (χ1v) is 12.2. The zero-order valence-corrected chi connectivity index (χ0v) is 20.7. The zero-order valence-electron chi connectivity index (χ0n) is 20.7. The van der Waals surface area contributed by atoms with Crippen molar-refractivity contribution in [3.05, 3.63) is 101 Å². The second-order valence-electron chi connectivity index (χ2n) is 10.5. The van der Waals surface area contributed by atoms with Gasteiger partial charge in [-0.25, -0.2) is 0 Å². The first kappa shape index (κ1) is 23.0. The number of benzene rings is 2. The molecule has 1 amide bonds. The summed E-state index contributed by atoms with van der Waals surface area (Å²) in [6, 6.07) is 19.7. The maximum Gasteiger partial charge on any atom is 0.224 e. The molecule has 3 aromatic rings. The lowest BCUT2D eigenvalue weighted by Gasteiger charge is -2.34. The van der Waals surface area contributed by atoms with Crippen molar-refractivity contribution in [1.29, 1.82) is 0 Å². The van der Waals surface area contributed by atoms with Gasteiger partial charge in [-0.1, -0.05) is 57.2 Å². The van der Waals surface area contributed by atoms with Crippen LogP contribution in [0.3, 0.4) is 0 Å². The molecule has 0 saturated carbocycles. The molecule has 2 aliphatic rings. The second-order valence-corrected chi connectivity index (χ2v) is 10.5. The van der Waals surface area contributed by atoms with Gasteiger partial charge >= 0.3 is 0 Å². The Bertz CT molecular complexity index is 1300. The van der Waals surface area contributed by atoms with E-state index in [1.54, 1.807) is 24.2 Å². The van der Waals surface area contributed by atoms with E-state index in [4.69, 9.17) is 0 Å². The van der Waals surface area contributed by atoms with E-state index in [1.165, 1.54) is 11.1 Å². The highest BCUT2D eigenvalue weighted by molar-refractivity contribution is 6.05. The molecule has 0 bridgehead atoms. The van der Waals surface area contributed by atoms with Gasteiger partial charge in [0.2, 0.25) is 5.91 Å². The summed E-state index contributed by atoms with van der Waals surface area (Å²) in [5, 5.41) is 3.56. The fourth-order valence-corrected chi connectivity index (χ4v) is 5.29. The van der Waals surface area contributed by atoms with Gasteiger partial charge in [-0.05, 0) is 58.7 Å². The number of anilines is 2. The average Bonchev–Trinajstić information content (AvgIpc) is 2.99. The van der Waals surface area contributed by atoms with E-state index >= 15 is 0 Å². The summed E-state index contributed by atoms with van der Waals surface area (Å²) in [6.07, 6.45) is 4.55. The molecule has 0 radical (unpaired) electrons. The number of aromatic nitrogens is 1. The Hall–Kier alpha value is -3.73. The molecule has 5 nitrogen and oxygen atoms in total. The molecule has 2 aromatic carbocycles. The Kier molecular flexibility index (Phi) is 5.79. The van der Waals surface area contributed by atoms with Crippen LogP contribution in [0, 0.1) is 0 Å². The number of nitrogens with zero attached hydrogens (tertiary/aromatic N) is 2. The lowest BCUT2D eigenvalue weighted by molar-refractivity contribution is -0.117. The minimum atomic E-state index is -0.502. The van der Waals surface area contributed by atoms with E-state index in [0.717, 1.165) is 22.6 Å². The van der Waals surface area contributed by atoms with Crippen LogP contribution in [0.1, 0.15) is 69.2 Å². The summed E-state index contributed by atoms with van der Waals surface area (Å²) in [7, 11) is 0. The van der Waals surface area contributed by atoms with Gasteiger partial charge in [-0.2, -0.15) is 0 Å². The van der Waals surface area contributed by atoms with E-state index in [9.17, 15) is 9.59 Å². The zero-order chi connectivity index (χ0) is 24.7. The van der Waals surface area contributed by atoms with Crippen LogP contribution in [0.25, 0.3) is 0 Å². The molecule has 1 N–H and O–H groups in total. The van der Waals surface area contributed by atoms with Gasteiger partial charge in [0.25, 0.3) is 0 Å². The average molecular weight is 466 g/mol. The van der Waals surface area contributed by atoms with Crippen LogP contribution in [0.5, 0.6) is 0 Å². The molecule has 178 valence electrons. The van der Waals surface area contributed by atoms with Crippen molar-refractivity contribution in [3.63, 3.8) is 0 Å². The Morgan fingerprint density at radius 1 is 0.943 bits per heavy atom. The number of pyridine rings is 1. The van der Waals surface area contributed by atoms with Crippen LogP contribution in [0.2, 0.25) is 0 Å². The molecular formula is C30H31N3O2. The van der Waals surface area contributed by atoms with E-state index < -0.39 is 6.04 Å². The standard InChI is InChI=1S/C30H31N3O2/c1-19(34)33-26-8-6-5-7-24(26)32-25-17-22(20-9-11-23(12-10-20)30(2,3)4)18-27(35)28(25)29(33)21-13-15-31-16-14-21/h5-16,22,29,32H,17-18H2,1-4H3/t22-,29+/m1/s1. The summed E-state index contributed by atoms with van der Waals surface area (Å²) in [5.41, 5.74) is 6.58. The van der Waals surface area contributed by atoms with E-state index in [-0.39, 0.29) is 23.0 Å². The number of nitrogens with one attached hydrogen (secondary N) is 1. The molecule has 2 atom stereocenters. The van der Waals surface area contributed by atoms with Gasteiger partial charge < -0.3 is 5.32 Å². The minimum absolute atomic E-state index is 0.0736. The van der Waals surface area contributed by atoms with Gasteiger partial charge in [0.05, 0.1) is 17.4 Å². The molecule has 5 heteroatoms. The normalized spacial score (nSPS) is 20.0. The van der Waals surface area contributed by atoms with Crippen LogP contribution >= 0.6 is 0 Å². The van der Waals surface area contributed by atoms with Gasteiger partial charge in [0.1, 0.15) is 0 Å². The third kappa shape index (κ3) is 4.27. The largest absolute Gasteiger partial charge is 0.357 e. The van der Waals surface area contributed by atoms with Gasteiger partial charge in [0, 0.05) is 37.0 Å². The number of carbonyl (C=O) groups is 2. The molecule has 35 heavy (non-hydrogen) atoms. The predicted molar refractivity (Wildman–Crippen MR) is 139 cm³/mol. The molecule has 2 heterocycles. The highest BCUT2D eigenvalue weighted by atomic mass is 16.2. The first-order chi connectivity index (χ1) is 16.7. The monoisotopic (exact) mass is 465 g/mol. The summed E-state index contributed by atoms with van der Waals surface area (Å²) in [6.45, 7) is 8.17. The van der Waals surface area contributed by atoms with Crippen molar-refractivity contribution in [1.82, 2.24) is 4.98 Å². The fraction of sp³-hybridized carbons (Fsp3) is 0.300. The van der Waals surface area contributed by atoms with Crippen LogP contribution in [0.4, 0.5) is 11.4 Å². The number of allylic oxidation sites excluding steroid dienone is 1. The van der Waals surface area contributed by atoms with Crippen LogP contribution in [0.15, 0.2) is 84.3 Å². The summed E-state index contributed by atoms with van der Waals surface area (Å²) in [5.74, 6) is 0.0453. The maximum atomic E-state index is 13.8. The lowest BCUT2D eigenvalue weighted by atomic mass is 9.77. The molecule has 0 fully saturated rings. The van der Waals surface area contributed by atoms with Crippen molar-refractivity contribution in [2.75, 3.05) is 10.2 Å². The smallest absolute Gasteiger partial charge is 0.224 e. The SMILES string of the molecule is CC(=O)N1c2ccccc2NC2=C(C(=O)C[C@H](c3ccc(C(C)(C)C)cc3)C2)[C@@H]1c1ccncc1. The third-order valence-corrected chi connectivity index (χ3v) is 7.10. The molecule has 0 unspecified atom stereocenters. The summed E-state index contributed by atoms with van der Waals surface area (Å²) in [4.78, 5) is 32.8. The highest BCUT2D eigenvalue weighted by Crippen LogP contribution is 2.47. The summed E-state index contributed by atoms with van der Waals surface area (Å²) >= 11 is 0. The topological polar surface area (TPSA) is 62.3 Å². The van der Waals surface area contributed by atoms with Gasteiger partial charge in [0.15, 0.2) is 5.78 Å². The number of rotatable bonds is 2. The van der Waals surface area contributed by atoms with Crippen molar-refractivity contribution >= 4 is 23.1 Å². The molecule has 0 spiro atoms. The molecule has 5 rings (SSSR count). The van der Waals surface area contributed by atoms with E-state index in [1.807, 2.05) is 36.4 Å². The van der Waals surface area contributed by atoms with Crippen molar-refractivity contribution < 1.29 is 9.59 Å². The van der Waals surface area contributed by atoms with Crippen molar-refractivity contribution in [2.45, 2.75) is 57.9 Å². The number of amides is 1. The number of hydrogen-bond acceptors (Lipinski definition) is 4. The van der Waals surface area contributed by atoms with E-state index in [0.29, 0.717) is 18.4 Å². The Morgan fingerprint density at radius 3 is 2.29 bits per heavy atom. The molecule has 0 saturated heterocycles. The van der Waals surface area contributed by atoms with Gasteiger partial charge in [-0.3, -0.25) is 19.5 Å². The van der Waals surface area contributed by atoms with E-state index in [2.05, 4.69) is 55.3 Å². The number of fused-ring (bicyclic) bond motifs is 1. The van der Waals surface area contributed by atoms with Gasteiger partial charge in [-0.15, -0.1) is 0 Å². The fourth-order valence-electron chi connectivity index (χ4n) is 5.29. The second kappa shape index (κ2) is 8.81. The number of para-hydroxylation sites is 2. The highest BCUT2D eigenvalue weighted by Gasteiger charge is 2.40. The summed E-state index contributed by atoms with van der Waals surface area (Å²) < 4.78 is 0. The Morgan fingerprint density at radius 2 is 1.63 bits per heavy atom. The van der Waals surface area contributed by atoms with Crippen LogP contribution < -0.4 is 10.2 Å². The number of Topliss-reactive ketones (excluding diaryl/α,β-unsaturated/α-hetero) is 1. The molecular weight excluding hydrogens is 434 g/mol. The number of carbonyl (C=O) groups excluding carboxylic acids is 2. The quantitative estimate of drug-likeness (QED) is 0.482.